The molecule has 3 rings (SSSR count). The van der Waals surface area contributed by atoms with Crippen molar-refractivity contribution in [1.29, 1.82) is 5.26 Å². The molecule has 0 spiro atoms. The highest BCUT2D eigenvalue weighted by Gasteiger charge is 2.13. The zero-order valence-corrected chi connectivity index (χ0v) is 17.2. The predicted molar refractivity (Wildman–Crippen MR) is 112 cm³/mol. The molecule has 1 N–H and O–H groups in total. The first-order valence-electron chi connectivity index (χ1n) is 8.64. The van der Waals surface area contributed by atoms with Crippen LogP contribution in [0.5, 0.6) is 17.2 Å². The van der Waals surface area contributed by atoms with Crippen LogP contribution in [0.4, 0.5) is 5.69 Å². The van der Waals surface area contributed by atoms with Gasteiger partial charge in [-0.15, -0.1) is 0 Å². The fourth-order valence-electron chi connectivity index (χ4n) is 2.54. The molecule has 1 heterocycles. The second kappa shape index (κ2) is 9.35. The Kier molecular flexibility index (Phi) is 6.62. The first-order chi connectivity index (χ1) is 14.3. The van der Waals surface area contributed by atoms with Gasteiger partial charge in [-0.3, -0.25) is 4.79 Å². The molecular weight excluding hydrogens is 429 g/mol. The van der Waals surface area contributed by atoms with E-state index in [1.54, 1.807) is 25.1 Å². The van der Waals surface area contributed by atoms with Gasteiger partial charge in [-0.25, -0.2) is 0 Å². The Balaban J connectivity index is 1.73. The molecule has 9 heteroatoms. The quantitative estimate of drug-likeness (QED) is 0.442. The summed E-state index contributed by atoms with van der Waals surface area (Å²) in [5, 5.41) is 23.7. The van der Waals surface area contributed by atoms with Crippen LogP contribution in [-0.2, 0) is 4.79 Å². The van der Waals surface area contributed by atoms with Crippen molar-refractivity contribution in [2.75, 3.05) is 11.9 Å². The highest BCUT2D eigenvalue weighted by Crippen LogP contribution is 2.35. The smallest absolute Gasteiger partial charge is 0.262 e. The lowest BCUT2D eigenvalue weighted by atomic mass is 10.2. The maximum Gasteiger partial charge on any atom is 0.262 e. The molecule has 0 radical (unpaired) electrons. The third kappa shape index (κ3) is 5.54. The van der Waals surface area contributed by atoms with Gasteiger partial charge in [-0.2, -0.15) is 9.99 Å². The first kappa shape index (κ1) is 21.2. The van der Waals surface area contributed by atoms with Gasteiger partial charge in [0.2, 0.25) is 0 Å². The van der Waals surface area contributed by atoms with Gasteiger partial charge >= 0.3 is 0 Å². The van der Waals surface area contributed by atoms with Crippen molar-refractivity contribution < 1.29 is 19.0 Å². The molecule has 1 aromatic heterocycles. The molecule has 7 nitrogen and oxygen atoms in total. The van der Waals surface area contributed by atoms with Crippen molar-refractivity contribution in [2.24, 2.45) is 0 Å². The third-order valence-electron chi connectivity index (χ3n) is 3.90. The van der Waals surface area contributed by atoms with Crippen molar-refractivity contribution in [2.45, 2.75) is 6.92 Å². The van der Waals surface area contributed by atoms with Gasteiger partial charge in [0.1, 0.15) is 5.75 Å². The minimum absolute atomic E-state index is 0.235. The van der Waals surface area contributed by atoms with Gasteiger partial charge < -0.3 is 20.0 Å². The Morgan fingerprint density at radius 1 is 1.17 bits per heavy atom. The number of nitrogens with one attached hydrogen (secondary N) is 1. The number of carbonyl (C=O) groups is 1. The zero-order valence-electron chi connectivity index (χ0n) is 15.7. The van der Waals surface area contributed by atoms with Crippen LogP contribution in [0.15, 0.2) is 54.9 Å². The Morgan fingerprint density at radius 2 is 1.97 bits per heavy atom. The first-order valence-corrected chi connectivity index (χ1v) is 9.40. The van der Waals surface area contributed by atoms with E-state index in [4.69, 9.17) is 37.9 Å². The van der Waals surface area contributed by atoms with E-state index in [2.05, 4.69) is 5.32 Å². The molecule has 2 aromatic carbocycles. The fraction of sp³-hybridized carbons (Fsp3) is 0.0952. The van der Waals surface area contributed by atoms with E-state index in [0.717, 1.165) is 0 Å². The van der Waals surface area contributed by atoms with Gasteiger partial charge in [0.05, 0.1) is 17.3 Å². The lowest BCUT2D eigenvalue weighted by Gasteiger charge is -2.14. The zero-order chi connectivity index (χ0) is 21.7. The number of ether oxygens (including phenoxy) is 2. The van der Waals surface area contributed by atoms with Crippen LogP contribution in [0.2, 0.25) is 10.0 Å². The van der Waals surface area contributed by atoms with E-state index in [9.17, 15) is 10.0 Å². The highest BCUT2D eigenvalue weighted by atomic mass is 35.5. The van der Waals surface area contributed by atoms with Crippen molar-refractivity contribution in [3.63, 3.8) is 0 Å². The number of aryl methyl sites for hydroxylation is 1. The van der Waals surface area contributed by atoms with Gasteiger partial charge in [0.15, 0.2) is 30.5 Å². The Morgan fingerprint density at radius 3 is 2.70 bits per heavy atom. The van der Waals surface area contributed by atoms with Crippen molar-refractivity contribution in [1.82, 2.24) is 0 Å². The van der Waals surface area contributed by atoms with E-state index in [1.807, 2.05) is 6.07 Å². The summed E-state index contributed by atoms with van der Waals surface area (Å²) in [7, 11) is 0. The molecule has 3 aromatic rings. The van der Waals surface area contributed by atoms with Crippen molar-refractivity contribution in [3.05, 3.63) is 81.2 Å². The topological polar surface area (TPSA) is 98.3 Å². The van der Waals surface area contributed by atoms with Crippen LogP contribution in [0, 0.1) is 23.5 Å². The second-order valence-corrected chi connectivity index (χ2v) is 7.09. The number of carbonyl (C=O) groups excluding carboxylic acids is 1. The SMILES string of the molecule is Cc1c[n+]([O-])ccc1NC(=O)COc1cc(Cl)ccc1Oc1cc(Cl)cc(C#N)c1. The largest absolute Gasteiger partial charge is 0.619 e. The Bertz CT molecular complexity index is 1150. The number of halogens is 2. The van der Waals surface area contributed by atoms with Gasteiger partial charge in [0, 0.05) is 27.7 Å². The van der Waals surface area contributed by atoms with Crippen LogP contribution >= 0.6 is 23.2 Å². The molecule has 1 amide bonds. The van der Waals surface area contributed by atoms with Crippen LogP contribution in [-0.4, -0.2) is 12.5 Å². The van der Waals surface area contributed by atoms with E-state index in [1.165, 1.54) is 36.7 Å². The lowest BCUT2D eigenvalue weighted by Crippen LogP contribution is -2.26. The summed E-state index contributed by atoms with van der Waals surface area (Å²) < 4.78 is 12.0. The molecule has 0 unspecified atom stereocenters. The van der Waals surface area contributed by atoms with E-state index in [-0.39, 0.29) is 12.4 Å². The summed E-state index contributed by atoms with van der Waals surface area (Å²) in [6, 6.07) is 12.8. The minimum atomic E-state index is -0.429. The van der Waals surface area contributed by atoms with Crippen LogP contribution in [0.1, 0.15) is 11.1 Å². The summed E-state index contributed by atoms with van der Waals surface area (Å²) in [6.45, 7) is 1.38. The van der Waals surface area contributed by atoms with E-state index < -0.39 is 5.91 Å². The molecule has 0 aliphatic heterocycles. The van der Waals surface area contributed by atoms with Crippen LogP contribution in [0.3, 0.4) is 0 Å². The molecule has 30 heavy (non-hydrogen) atoms. The minimum Gasteiger partial charge on any atom is -0.619 e. The monoisotopic (exact) mass is 443 g/mol. The number of rotatable bonds is 6. The van der Waals surface area contributed by atoms with Crippen molar-refractivity contribution in [3.8, 4) is 23.3 Å². The molecular formula is C21H15Cl2N3O4. The number of aromatic nitrogens is 1. The average Bonchev–Trinajstić information content (AvgIpc) is 2.70. The number of hydrogen-bond donors (Lipinski definition) is 1. The molecule has 0 aliphatic rings. The summed E-state index contributed by atoms with van der Waals surface area (Å²) in [5.74, 6) is 0.434. The number of nitriles is 1. The lowest BCUT2D eigenvalue weighted by molar-refractivity contribution is -0.605. The molecule has 152 valence electrons. The summed E-state index contributed by atoms with van der Waals surface area (Å²) in [6.07, 6.45) is 2.63. The van der Waals surface area contributed by atoms with Crippen LogP contribution < -0.4 is 19.5 Å². The Hall–Kier alpha value is -3.47. The van der Waals surface area contributed by atoms with Crippen molar-refractivity contribution >= 4 is 34.8 Å². The molecule has 0 saturated carbocycles. The maximum absolute atomic E-state index is 12.3. The third-order valence-corrected chi connectivity index (χ3v) is 4.35. The van der Waals surface area contributed by atoms with Gasteiger partial charge in [-0.05, 0) is 37.3 Å². The number of benzene rings is 2. The highest BCUT2D eigenvalue weighted by molar-refractivity contribution is 6.31. The summed E-state index contributed by atoms with van der Waals surface area (Å²) in [4.78, 5) is 12.3. The second-order valence-electron chi connectivity index (χ2n) is 6.22. The molecule has 0 atom stereocenters. The number of hydrogen-bond acceptors (Lipinski definition) is 5. The van der Waals surface area contributed by atoms with E-state index >= 15 is 0 Å². The average molecular weight is 444 g/mol. The predicted octanol–water partition coefficient (Wildman–Crippen LogP) is 4.62. The Labute approximate surface area is 182 Å². The van der Waals surface area contributed by atoms with Gasteiger partial charge in [0.25, 0.3) is 5.91 Å². The molecule has 0 saturated heterocycles. The fourth-order valence-corrected chi connectivity index (χ4v) is 2.93. The molecule has 0 aliphatic carbocycles. The normalized spacial score (nSPS) is 10.2. The number of pyridine rings is 1. The van der Waals surface area contributed by atoms with Crippen LogP contribution in [0.25, 0.3) is 0 Å². The standard InChI is InChI=1S/C21H15Cl2N3O4/c1-13-11-26(28)5-4-18(13)25-21(27)12-29-20-9-15(22)2-3-19(20)30-17-7-14(10-24)6-16(23)8-17/h2-9,11H,12H2,1H3,(H,25,27). The maximum atomic E-state index is 12.3. The van der Waals surface area contributed by atoms with E-state index in [0.29, 0.717) is 43.1 Å². The number of nitrogens with zero attached hydrogens (tertiary/aromatic N) is 2. The summed E-state index contributed by atoms with van der Waals surface area (Å²) in [5.41, 5.74) is 1.45. The molecule has 0 bridgehead atoms. The summed E-state index contributed by atoms with van der Waals surface area (Å²) >= 11 is 12.0. The number of amides is 1. The molecule has 0 fully saturated rings. The van der Waals surface area contributed by atoms with Gasteiger partial charge in [-0.1, -0.05) is 23.2 Å². The number of anilines is 1.